The lowest BCUT2D eigenvalue weighted by Crippen LogP contribution is -2.38. The molecule has 1 saturated heterocycles. The number of rotatable bonds is 6. The number of amides is 1. The van der Waals surface area contributed by atoms with Crippen LogP contribution in [-0.4, -0.2) is 63.1 Å². The Morgan fingerprint density at radius 3 is 2.51 bits per heavy atom. The minimum atomic E-state index is -0.298. The zero-order chi connectivity index (χ0) is 24.4. The number of aromatic amines is 1. The van der Waals surface area contributed by atoms with Gasteiger partial charge in [-0.1, -0.05) is 35.5 Å². The Morgan fingerprint density at radius 2 is 1.80 bits per heavy atom. The summed E-state index contributed by atoms with van der Waals surface area (Å²) >= 11 is 0. The van der Waals surface area contributed by atoms with E-state index < -0.39 is 0 Å². The van der Waals surface area contributed by atoms with E-state index in [0.717, 1.165) is 5.56 Å². The first-order valence-corrected chi connectivity index (χ1v) is 11.5. The van der Waals surface area contributed by atoms with Gasteiger partial charge in [0.05, 0.1) is 20.8 Å². The molecule has 1 amide bonds. The summed E-state index contributed by atoms with van der Waals surface area (Å²) in [5.41, 5.74) is 1.99. The van der Waals surface area contributed by atoms with Crippen LogP contribution in [0.3, 0.4) is 0 Å². The van der Waals surface area contributed by atoms with Crippen molar-refractivity contribution in [1.29, 1.82) is 0 Å². The second-order valence-corrected chi connectivity index (χ2v) is 8.49. The van der Waals surface area contributed by atoms with Gasteiger partial charge in [0.2, 0.25) is 0 Å². The predicted octanol–water partition coefficient (Wildman–Crippen LogP) is 2.60. The molecule has 35 heavy (non-hydrogen) atoms. The maximum atomic E-state index is 13.1. The van der Waals surface area contributed by atoms with Gasteiger partial charge in [-0.2, -0.15) is 0 Å². The minimum Gasteiger partial charge on any atom is -0.493 e. The molecule has 0 unspecified atom stereocenters. The third kappa shape index (κ3) is 4.46. The quantitative estimate of drug-likeness (QED) is 0.457. The number of piperidine rings is 1. The zero-order valence-corrected chi connectivity index (χ0v) is 19.6. The molecule has 2 aromatic carbocycles. The number of likely N-dealkylation sites (tertiary alicyclic amines) is 1. The molecule has 0 radical (unpaired) electrons. The maximum absolute atomic E-state index is 13.1. The lowest BCUT2D eigenvalue weighted by molar-refractivity contribution is 0.0710. The second-order valence-electron chi connectivity index (χ2n) is 8.49. The first-order valence-electron chi connectivity index (χ1n) is 11.5. The van der Waals surface area contributed by atoms with Gasteiger partial charge in [0.25, 0.3) is 11.5 Å². The number of methoxy groups -OCH3 is 2. The lowest BCUT2D eigenvalue weighted by Gasteiger charge is -2.31. The highest BCUT2D eigenvalue weighted by molar-refractivity contribution is 5.95. The van der Waals surface area contributed by atoms with E-state index in [-0.39, 0.29) is 22.9 Å². The molecular formula is C25H26N6O4. The fourth-order valence-corrected chi connectivity index (χ4v) is 4.45. The molecular weight excluding hydrogens is 448 g/mol. The van der Waals surface area contributed by atoms with E-state index in [0.29, 0.717) is 61.0 Å². The Kier molecular flexibility index (Phi) is 6.17. The smallest absolute Gasteiger partial charge is 0.281 e. The van der Waals surface area contributed by atoms with E-state index in [1.54, 1.807) is 37.1 Å². The van der Waals surface area contributed by atoms with Crippen molar-refractivity contribution in [2.24, 2.45) is 0 Å². The average molecular weight is 475 g/mol. The first kappa shape index (κ1) is 22.6. The van der Waals surface area contributed by atoms with Crippen LogP contribution in [0, 0.1) is 0 Å². The van der Waals surface area contributed by atoms with Crippen LogP contribution in [0.5, 0.6) is 11.5 Å². The fourth-order valence-electron chi connectivity index (χ4n) is 4.45. The number of fused-ring (bicyclic) bond motifs is 1. The number of H-pyrrole nitrogens is 1. The third-order valence-corrected chi connectivity index (χ3v) is 6.37. The van der Waals surface area contributed by atoms with Gasteiger partial charge in [-0.25, -0.2) is 9.67 Å². The molecule has 0 spiro atoms. The molecule has 0 aliphatic carbocycles. The SMILES string of the molecule is COc1ccc(C(=O)N2CCC(c3nc4c(nnn4Cc4ccccc4)c(=O)[nH]3)CC2)cc1OC. The summed E-state index contributed by atoms with van der Waals surface area (Å²) in [6.45, 7) is 1.59. The van der Waals surface area contributed by atoms with Crippen molar-refractivity contribution >= 4 is 17.1 Å². The minimum absolute atomic E-state index is 0.0293. The van der Waals surface area contributed by atoms with E-state index in [9.17, 15) is 9.59 Å². The van der Waals surface area contributed by atoms with Crippen LogP contribution in [0.15, 0.2) is 53.3 Å². The van der Waals surface area contributed by atoms with Crippen LogP contribution < -0.4 is 15.0 Å². The predicted molar refractivity (Wildman–Crippen MR) is 129 cm³/mol. The van der Waals surface area contributed by atoms with Crippen LogP contribution in [0.25, 0.3) is 11.2 Å². The molecule has 1 aliphatic rings. The number of carbonyl (C=O) groups is 1. The number of nitrogens with one attached hydrogen (secondary N) is 1. The summed E-state index contributed by atoms with van der Waals surface area (Å²) in [5.74, 6) is 1.67. The van der Waals surface area contributed by atoms with Gasteiger partial charge < -0.3 is 19.4 Å². The average Bonchev–Trinajstić information content (AvgIpc) is 3.31. The standard InChI is InChI=1S/C25H26N6O4/c1-34-19-9-8-18(14-20(19)35-2)25(33)30-12-10-17(11-13-30)22-26-23-21(24(32)27-22)28-29-31(23)15-16-6-4-3-5-7-16/h3-9,14,17H,10-13,15H2,1-2H3,(H,26,27,32). The molecule has 1 fully saturated rings. The molecule has 4 aromatic rings. The number of hydrogen-bond acceptors (Lipinski definition) is 7. The van der Waals surface area contributed by atoms with E-state index in [1.807, 2.05) is 35.2 Å². The van der Waals surface area contributed by atoms with Gasteiger partial charge in [0.1, 0.15) is 5.82 Å². The van der Waals surface area contributed by atoms with Crippen LogP contribution in [0.1, 0.15) is 40.5 Å². The summed E-state index contributed by atoms with van der Waals surface area (Å²) in [6.07, 6.45) is 1.38. The number of hydrogen-bond donors (Lipinski definition) is 1. The van der Waals surface area contributed by atoms with Crippen molar-refractivity contribution in [3.63, 3.8) is 0 Å². The Balaban J connectivity index is 1.32. The van der Waals surface area contributed by atoms with Gasteiger partial charge in [-0.05, 0) is 36.6 Å². The van der Waals surface area contributed by atoms with Crippen molar-refractivity contribution in [3.05, 3.63) is 75.8 Å². The van der Waals surface area contributed by atoms with E-state index in [4.69, 9.17) is 14.5 Å². The zero-order valence-electron chi connectivity index (χ0n) is 19.6. The van der Waals surface area contributed by atoms with Crippen molar-refractivity contribution < 1.29 is 14.3 Å². The number of nitrogens with zero attached hydrogens (tertiary/aromatic N) is 5. The Morgan fingerprint density at radius 1 is 1.06 bits per heavy atom. The first-order chi connectivity index (χ1) is 17.1. The molecule has 1 aliphatic heterocycles. The topological polar surface area (TPSA) is 115 Å². The van der Waals surface area contributed by atoms with Crippen LogP contribution in [0.2, 0.25) is 0 Å². The highest BCUT2D eigenvalue weighted by Crippen LogP contribution is 2.30. The van der Waals surface area contributed by atoms with Crippen LogP contribution in [0.4, 0.5) is 0 Å². The van der Waals surface area contributed by atoms with Crippen LogP contribution >= 0.6 is 0 Å². The second kappa shape index (κ2) is 9.57. The van der Waals surface area contributed by atoms with Gasteiger partial charge in [0.15, 0.2) is 22.7 Å². The highest BCUT2D eigenvalue weighted by atomic mass is 16.5. The Bertz CT molecular complexity index is 1410. The molecule has 10 nitrogen and oxygen atoms in total. The van der Waals surface area contributed by atoms with Gasteiger partial charge in [0, 0.05) is 24.6 Å². The molecule has 0 atom stereocenters. The van der Waals surface area contributed by atoms with Gasteiger partial charge >= 0.3 is 0 Å². The number of ether oxygens (including phenoxy) is 2. The molecule has 2 aromatic heterocycles. The summed E-state index contributed by atoms with van der Waals surface area (Å²) < 4.78 is 12.2. The molecule has 180 valence electrons. The molecule has 1 N–H and O–H groups in total. The number of carbonyl (C=O) groups excluding carboxylic acids is 1. The number of benzene rings is 2. The van der Waals surface area contributed by atoms with Gasteiger partial charge in [-0.3, -0.25) is 9.59 Å². The van der Waals surface area contributed by atoms with Crippen molar-refractivity contribution in [2.75, 3.05) is 27.3 Å². The largest absolute Gasteiger partial charge is 0.493 e. The van der Waals surface area contributed by atoms with Crippen molar-refractivity contribution in [3.8, 4) is 11.5 Å². The summed E-state index contributed by atoms with van der Waals surface area (Å²) in [4.78, 5) is 35.2. The Hall–Kier alpha value is -4.21. The van der Waals surface area contributed by atoms with Crippen molar-refractivity contribution in [1.82, 2.24) is 29.9 Å². The molecule has 0 saturated carbocycles. The molecule has 0 bridgehead atoms. The number of aromatic nitrogens is 5. The molecule has 10 heteroatoms. The van der Waals surface area contributed by atoms with Crippen molar-refractivity contribution in [2.45, 2.75) is 25.3 Å². The van der Waals surface area contributed by atoms with E-state index in [1.165, 1.54) is 0 Å². The van der Waals surface area contributed by atoms with E-state index in [2.05, 4.69) is 15.3 Å². The Labute approximate surface area is 201 Å². The van der Waals surface area contributed by atoms with E-state index >= 15 is 0 Å². The summed E-state index contributed by atoms with van der Waals surface area (Å²) in [5, 5.41) is 8.18. The van der Waals surface area contributed by atoms with Gasteiger partial charge in [-0.15, -0.1) is 5.10 Å². The summed E-state index contributed by atoms with van der Waals surface area (Å²) in [6, 6.07) is 15.0. The maximum Gasteiger partial charge on any atom is 0.281 e. The molecule has 5 rings (SSSR count). The lowest BCUT2D eigenvalue weighted by atomic mass is 9.95. The summed E-state index contributed by atoms with van der Waals surface area (Å²) in [7, 11) is 3.11. The normalized spacial score (nSPS) is 14.3. The van der Waals surface area contributed by atoms with Crippen LogP contribution in [-0.2, 0) is 6.54 Å². The molecule has 3 heterocycles. The fraction of sp³-hybridized carbons (Fsp3) is 0.320. The highest BCUT2D eigenvalue weighted by Gasteiger charge is 2.27. The third-order valence-electron chi connectivity index (χ3n) is 6.37. The monoisotopic (exact) mass is 474 g/mol.